The summed E-state index contributed by atoms with van der Waals surface area (Å²) in [4.78, 5) is 22.9. The van der Waals surface area contributed by atoms with Crippen LogP contribution in [0.1, 0.15) is 40.9 Å². The van der Waals surface area contributed by atoms with Crippen molar-refractivity contribution in [3.05, 3.63) is 82.6 Å². The Kier molecular flexibility index (Phi) is 6.67. The Balaban J connectivity index is 1.59. The van der Waals surface area contributed by atoms with Crippen LogP contribution in [0, 0.1) is 0 Å². The summed E-state index contributed by atoms with van der Waals surface area (Å²) < 4.78 is 5.77. The summed E-state index contributed by atoms with van der Waals surface area (Å²) in [7, 11) is 0. The van der Waals surface area contributed by atoms with Crippen LogP contribution in [-0.4, -0.2) is 33.6 Å². The van der Waals surface area contributed by atoms with E-state index in [1.54, 1.807) is 12.1 Å². The molecule has 0 saturated carbocycles. The number of ether oxygens (including phenoxy) is 1. The number of hydrogen-bond acceptors (Lipinski definition) is 5. The Bertz CT molecular complexity index is 1050. The zero-order valence-corrected chi connectivity index (χ0v) is 17.8. The molecule has 6 nitrogen and oxygen atoms in total. The van der Waals surface area contributed by atoms with Gasteiger partial charge in [-0.15, -0.1) is 0 Å². The molecule has 0 spiro atoms. The lowest BCUT2D eigenvalue weighted by Crippen LogP contribution is -2.42. The van der Waals surface area contributed by atoms with Gasteiger partial charge in [-0.3, -0.25) is 0 Å². The number of para-hydroxylation sites is 1. The van der Waals surface area contributed by atoms with Crippen LogP contribution in [0.5, 0.6) is 5.75 Å². The van der Waals surface area contributed by atoms with Crippen molar-refractivity contribution in [1.82, 2.24) is 9.97 Å². The van der Waals surface area contributed by atoms with Gasteiger partial charge < -0.3 is 14.7 Å². The SMILES string of the molecule is O=C(O)c1cnc(N2CCCCC2Cc2ccccc2)nc1COc1ccccc1Cl. The van der Waals surface area contributed by atoms with E-state index in [-0.39, 0.29) is 18.2 Å². The van der Waals surface area contributed by atoms with Crippen LogP contribution in [0.3, 0.4) is 0 Å². The number of nitrogens with zero attached hydrogens (tertiary/aromatic N) is 3. The second-order valence-corrected chi connectivity index (χ2v) is 7.99. The number of carboxylic acid groups (broad SMARTS) is 1. The van der Waals surface area contributed by atoms with Crippen molar-refractivity contribution in [2.24, 2.45) is 0 Å². The zero-order valence-electron chi connectivity index (χ0n) is 17.1. The molecule has 1 saturated heterocycles. The normalized spacial score (nSPS) is 16.2. The third-order valence-electron chi connectivity index (χ3n) is 5.48. The first-order chi connectivity index (χ1) is 15.1. The molecule has 1 fully saturated rings. The van der Waals surface area contributed by atoms with E-state index in [0.717, 1.165) is 32.2 Å². The number of halogens is 1. The van der Waals surface area contributed by atoms with E-state index in [1.165, 1.54) is 11.8 Å². The largest absolute Gasteiger partial charge is 0.486 e. The highest BCUT2D eigenvalue weighted by atomic mass is 35.5. The molecule has 160 valence electrons. The van der Waals surface area contributed by atoms with Crippen molar-refractivity contribution in [2.75, 3.05) is 11.4 Å². The first-order valence-electron chi connectivity index (χ1n) is 10.4. The number of carbonyl (C=O) groups is 1. The van der Waals surface area contributed by atoms with Gasteiger partial charge >= 0.3 is 5.97 Å². The Morgan fingerprint density at radius 2 is 1.90 bits per heavy atom. The minimum Gasteiger partial charge on any atom is -0.486 e. The quantitative estimate of drug-likeness (QED) is 0.560. The van der Waals surface area contributed by atoms with Crippen molar-refractivity contribution in [1.29, 1.82) is 0 Å². The highest BCUT2D eigenvalue weighted by Crippen LogP contribution is 2.27. The molecule has 1 atom stereocenters. The average Bonchev–Trinajstić information content (AvgIpc) is 2.79. The third kappa shape index (κ3) is 5.14. The lowest BCUT2D eigenvalue weighted by Gasteiger charge is -2.36. The molecule has 0 aliphatic carbocycles. The van der Waals surface area contributed by atoms with Gasteiger partial charge in [-0.1, -0.05) is 54.1 Å². The number of rotatable bonds is 7. The molecule has 1 unspecified atom stereocenters. The summed E-state index contributed by atoms with van der Waals surface area (Å²) in [5.74, 6) is -0.0484. The lowest BCUT2D eigenvalue weighted by atomic mass is 9.96. The van der Waals surface area contributed by atoms with Gasteiger partial charge in [0, 0.05) is 18.8 Å². The van der Waals surface area contributed by atoms with Crippen molar-refractivity contribution < 1.29 is 14.6 Å². The molecular weight excluding hydrogens is 414 g/mol. The van der Waals surface area contributed by atoms with E-state index >= 15 is 0 Å². The minimum absolute atomic E-state index is 0.00191. The smallest absolute Gasteiger partial charge is 0.339 e. The first-order valence-corrected chi connectivity index (χ1v) is 10.8. The van der Waals surface area contributed by atoms with Gasteiger partial charge in [-0.25, -0.2) is 14.8 Å². The number of anilines is 1. The summed E-state index contributed by atoms with van der Waals surface area (Å²) in [5.41, 5.74) is 1.64. The number of piperidine rings is 1. The number of hydrogen-bond donors (Lipinski definition) is 1. The fraction of sp³-hybridized carbons (Fsp3) is 0.292. The predicted octanol–water partition coefficient (Wildman–Crippen LogP) is 5.01. The maximum atomic E-state index is 11.7. The molecule has 2 aromatic carbocycles. The number of aromatic nitrogens is 2. The zero-order chi connectivity index (χ0) is 21.6. The second-order valence-electron chi connectivity index (χ2n) is 7.59. The second kappa shape index (κ2) is 9.79. The summed E-state index contributed by atoms with van der Waals surface area (Å²) >= 11 is 6.16. The highest BCUT2D eigenvalue weighted by Gasteiger charge is 2.26. The van der Waals surface area contributed by atoms with E-state index in [2.05, 4.69) is 27.0 Å². The Morgan fingerprint density at radius 3 is 2.68 bits per heavy atom. The summed E-state index contributed by atoms with van der Waals surface area (Å²) in [5, 5.41) is 10.1. The molecule has 7 heteroatoms. The molecule has 1 aliphatic rings. The standard InChI is InChI=1S/C24H24ClN3O3/c25-20-11-4-5-12-22(20)31-16-21-19(23(29)30)15-26-24(27-21)28-13-7-6-10-18(28)14-17-8-2-1-3-9-17/h1-5,8-9,11-12,15,18H,6-7,10,13-14,16H2,(H,29,30). The molecule has 1 N–H and O–H groups in total. The van der Waals surface area contributed by atoms with Crippen molar-refractivity contribution >= 4 is 23.5 Å². The molecule has 1 aliphatic heterocycles. The van der Waals surface area contributed by atoms with Gasteiger partial charge in [-0.2, -0.15) is 0 Å². The Labute approximate surface area is 186 Å². The maximum Gasteiger partial charge on any atom is 0.339 e. The fourth-order valence-electron chi connectivity index (χ4n) is 3.90. The summed E-state index contributed by atoms with van der Waals surface area (Å²) in [6, 6.07) is 17.7. The van der Waals surface area contributed by atoms with Crippen LogP contribution in [0.2, 0.25) is 5.02 Å². The van der Waals surface area contributed by atoms with Crippen LogP contribution in [0.15, 0.2) is 60.8 Å². The van der Waals surface area contributed by atoms with E-state index in [9.17, 15) is 9.90 Å². The average molecular weight is 438 g/mol. The van der Waals surface area contributed by atoms with E-state index < -0.39 is 5.97 Å². The number of benzene rings is 2. The van der Waals surface area contributed by atoms with Gasteiger partial charge in [0.1, 0.15) is 17.9 Å². The third-order valence-corrected chi connectivity index (χ3v) is 5.80. The van der Waals surface area contributed by atoms with Crippen LogP contribution in [0.4, 0.5) is 5.95 Å². The fourth-order valence-corrected chi connectivity index (χ4v) is 4.09. The van der Waals surface area contributed by atoms with Crippen molar-refractivity contribution in [3.63, 3.8) is 0 Å². The van der Waals surface area contributed by atoms with Crippen LogP contribution < -0.4 is 9.64 Å². The molecule has 0 bridgehead atoms. The monoisotopic (exact) mass is 437 g/mol. The van der Waals surface area contributed by atoms with Gasteiger partial charge in [-0.05, 0) is 43.4 Å². The Hall–Kier alpha value is -3.12. The number of aromatic carboxylic acids is 1. The summed E-state index contributed by atoms with van der Waals surface area (Å²) in [6.45, 7) is 0.840. The Morgan fingerprint density at radius 1 is 1.13 bits per heavy atom. The molecule has 0 amide bonds. The lowest BCUT2D eigenvalue weighted by molar-refractivity contribution is 0.0692. The molecule has 3 aromatic rings. The first kappa shape index (κ1) is 21.1. The molecule has 2 heterocycles. The van der Waals surface area contributed by atoms with Gasteiger partial charge in [0.2, 0.25) is 5.95 Å². The van der Waals surface area contributed by atoms with Gasteiger partial charge in [0.25, 0.3) is 0 Å². The maximum absolute atomic E-state index is 11.7. The van der Waals surface area contributed by atoms with E-state index in [1.807, 2.05) is 30.3 Å². The highest BCUT2D eigenvalue weighted by molar-refractivity contribution is 6.32. The molecular formula is C24H24ClN3O3. The molecule has 4 rings (SSSR count). The summed E-state index contributed by atoms with van der Waals surface area (Å²) in [6.07, 6.45) is 5.54. The molecule has 0 radical (unpaired) electrons. The van der Waals surface area contributed by atoms with E-state index in [0.29, 0.717) is 22.4 Å². The molecule has 31 heavy (non-hydrogen) atoms. The minimum atomic E-state index is -1.08. The van der Waals surface area contributed by atoms with E-state index in [4.69, 9.17) is 16.3 Å². The predicted molar refractivity (Wildman–Crippen MR) is 120 cm³/mol. The van der Waals surface area contributed by atoms with Gasteiger partial charge in [0.05, 0.1) is 10.7 Å². The topological polar surface area (TPSA) is 75.5 Å². The van der Waals surface area contributed by atoms with Crippen LogP contribution in [-0.2, 0) is 13.0 Å². The van der Waals surface area contributed by atoms with Crippen molar-refractivity contribution in [2.45, 2.75) is 38.3 Å². The van der Waals surface area contributed by atoms with Crippen LogP contribution >= 0.6 is 11.6 Å². The van der Waals surface area contributed by atoms with Crippen molar-refractivity contribution in [3.8, 4) is 5.75 Å². The molecule has 1 aromatic heterocycles. The van der Waals surface area contributed by atoms with Crippen LogP contribution in [0.25, 0.3) is 0 Å². The number of carboxylic acids is 1. The van der Waals surface area contributed by atoms with Gasteiger partial charge in [0.15, 0.2) is 0 Å².